The van der Waals surface area contributed by atoms with E-state index in [1.165, 1.54) is 29.1 Å². The van der Waals surface area contributed by atoms with Crippen LogP contribution in [0.4, 0.5) is 0 Å². The highest BCUT2D eigenvalue weighted by atomic mass is 79.9. The molecule has 1 aliphatic carbocycles. The first-order valence-electron chi connectivity index (χ1n) is 10.4. The molecule has 1 N–H and O–H groups in total. The van der Waals surface area contributed by atoms with Gasteiger partial charge in [0.15, 0.2) is 5.16 Å². The fraction of sp³-hybridized carbons (Fsp3) is 0.217. The molecule has 0 saturated heterocycles. The molecule has 1 amide bonds. The number of thioether (sulfide) groups is 1. The number of hydrazone groups is 1. The largest absolute Gasteiger partial charge is 0.463 e. The van der Waals surface area contributed by atoms with Gasteiger partial charge in [0.25, 0.3) is 11.5 Å². The number of carbonyl (C=O) groups is 1. The van der Waals surface area contributed by atoms with Gasteiger partial charge in [0.05, 0.1) is 29.3 Å². The zero-order valence-corrected chi connectivity index (χ0v) is 20.6. The number of aromatic nitrogens is 2. The summed E-state index contributed by atoms with van der Waals surface area (Å²) >= 11 is 6.26. The van der Waals surface area contributed by atoms with Gasteiger partial charge in [-0.25, -0.2) is 10.4 Å². The summed E-state index contributed by atoms with van der Waals surface area (Å²) in [7, 11) is 0. The van der Waals surface area contributed by atoms with Gasteiger partial charge in [-0.15, -0.1) is 11.3 Å². The molecular weight excluding hydrogens is 524 g/mol. The standard InChI is InChI=1S/C23H19BrN4O3S2/c24-14-7-9-15(10-8-14)28-22(30)20-17-5-1-2-6-18(17)33-21(20)26-23(28)32-13-19(29)27-25-12-16-4-3-11-31-16/h3-4,7-12H,1-2,5-6,13H2,(H,27,29). The molecule has 0 unspecified atom stereocenters. The topological polar surface area (TPSA) is 89.5 Å². The second kappa shape index (κ2) is 9.66. The number of nitrogens with one attached hydrogen (secondary N) is 1. The van der Waals surface area contributed by atoms with Crippen LogP contribution in [0.15, 0.2) is 66.6 Å². The van der Waals surface area contributed by atoms with Gasteiger partial charge in [-0.2, -0.15) is 5.10 Å². The van der Waals surface area contributed by atoms with Gasteiger partial charge in [0.2, 0.25) is 0 Å². The van der Waals surface area contributed by atoms with Crippen LogP contribution in [-0.4, -0.2) is 27.4 Å². The molecule has 3 aromatic heterocycles. The Hall–Kier alpha value is -2.69. The third kappa shape index (κ3) is 4.68. The van der Waals surface area contributed by atoms with Gasteiger partial charge < -0.3 is 4.42 Å². The predicted octanol–water partition coefficient (Wildman–Crippen LogP) is 4.92. The summed E-state index contributed by atoms with van der Waals surface area (Å²) in [6.45, 7) is 0. The third-order valence-corrected chi connectivity index (χ3v) is 7.95. The Morgan fingerprint density at radius 3 is 2.88 bits per heavy atom. The SMILES string of the molecule is O=C(CSc1nc2sc3c(c2c(=O)n1-c1ccc(Br)cc1)CCCC3)NN=Cc1ccco1. The van der Waals surface area contributed by atoms with Crippen molar-refractivity contribution in [2.24, 2.45) is 5.10 Å². The van der Waals surface area contributed by atoms with Crippen molar-refractivity contribution in [2.45, 2.75) is 30.8 Å². The number of hydrogen-bond donors (Lipinski definition) is 1. The van der Waals surface area contributed by atoms with Gasteiger partial charge in [-0.1, -0.05) is 27.7 Å². The highest BCUT2D eigenvalue weighted by Crippen LogP contribution is 2.35. The number of thiophene rings is 1. The van der Waals surface area contributed by atoms with Crippen molar-refractivity contribution in [3.05, 3.63) is 73.7 Å². The number of carbonyl (C=O) groups excluding carboxylic acids is 1. The third-order valence-electron chi connectivity index (χ3n) is 5.30. The van der Waals surface area contributed by atoms with Crippen LogP contribution in [0.25, 0.3) is 15.9 Å². The monoisotopic (exact) mass is 542 g/mol. The molecule has 0 atom stereocenters. The van der Waals surface area contributed by atoms with Gasteiger partial charge >= 0.3 is 0 Å². The highest BCUT2D eigenvalue weighted by molar-refractivity contribution is 9.10. The molecule has 1 aliphatic rings. The summed E-state index contributed by atoms with van der Waals surface area (Å²) in [6.07, 6.45) is 7.10. The first-order valence-corrected chi connectivity index (χ1v) is 13.0. The molecule has 10 heteroatoms. The maximum absolute atomic E-state index is 13.7. The summed E-state index contributed by atoms with van der Waals surface area (Å²) < 4.78 is 7.68. The Morgan fingerprint density at radius 2 is 2.09 bits per heavy atom. The van der Waals surface area contributed by atoms with Crippen LogP contribution < -0.4 is 11.0 Å². The molecule has 0 aliphatic heterocycles. The van der Waals surface area contributed by atoms with E-state index in [9.17, 15) is 9.59 Å². The molecule has 0 bridgehead atoms. The number of rotatable bonds is 6. The van der Waals surface area contributed by atoms with E-state index in [0.29, 0.717) is 16.6 Å². The van der Waals surface area contributed by atoms with E-state index in [0.717, 1.165) is 45.9 Å². The Morgan fingerprint density at radius 1 is 1.27 bits per heavy atom. The highest BCUT2D eigenvalue weighted by Gasteiger charge is 2.23. The Kier molecular flexibility index (Phi) is 6.48. The number of benzene rings is 1. The molecule has 5 rings (SSSR count). The normalized spacial score (nSPS) is 13.5. The van der Waals surface area contributed by atoms with Crippen molar-refractivity contribution in [2.75, 3.05) is 5.75 Å². The Balaban J connectivity index is 1.47. The minimum Gasteiger partial charge on any atom is -0.463 e. The molecule has 1 aromatic carbocycles. The lowest BCUT2D eigenvalue weighted by Gasteiger charge is -2.13. The van der Waals surface area contributed by atoms with Gasteiger partial charge in [-0.3, -0.25) is 14.2 Å². The Labute approximate surface area is 206 Å². The zero-order chi connectivity index (χ0) is 22.8. The van der Waals surface area contributed by atoms with E-state index in [-0.39, 0.29) is 17.2 Å². The molecule has 0 fully saturated rings. The lowest BCUT2D eigenvalue weighted by molar-refractivity contribution is -0.118. The van der Waals surface area contributed by atoms with Gasteiger partial charge in [0, 0.05) is 9.35 Å². The van der Waals surface area contributed by atoms with Crippen LogP contribution in [0.2, 0.25) is 0 Å². The summed E-state index contributed by atoms with van der Waals surface area (Å²) in [5.74, 6) is 0.306. The van der Waals surface area contributed by atoms with Gasteiger partial charge in [0.1, 0.15) is 10.6 Å². The molecule has 4 aromatic rings. The summed E-state index contributed by atoms with van der Waals surface area (Å²) in [6, 6.07) is 11.0. The smallest absolute Gasteiger partial charge is 0.267 e. The van der Waals surface area contributed by atoms with E-state index >= 15 is 0 Å². The second-order valence-corrected chi connectivity index (χ2v) is 10.4. The number of amides is 1. The molecule has 168 valence electrons. The lowest BCUT2D eigenvalue weighted by atomic mass is 9.97. The second-order valence-electron chi connectivity index (χ2n) is 7.50. The molecule has 0 radical (unpaired) electrons. The minimum absolute atomic E-state index is 0.0645. The molecule has 33 heavy (non-hydrogen) atoms. The van der Waals surface area contributed by atoms with E-state index in [1.807, 2.05) is 24.3 Å². The number of nitrogens with zero attached hydrogens (tertiary/aromatic N) is 3. The van der Waals surface area contributed by atoms with Crippen LogP contribution >= 0.6 is 39.0 Å². The van der Waals surface area contributed by atoms with Crippen molar-refractivity contribution < 1.29 is 9.21 Å². The zero-order valence-electron chi connectivity index (χ0n) is 17.4. The quantitative estimate of drug-likeness (QED) is 0.161. The van der Waals surface area contributed by atoms with Crippen LogP contribution in [0.1, 0.15) is 29.0 Å². The van der Waals surface area contributed by atoms with E-state index in [2.05, 4.69) is 26.5 Å². The molecular formula is C23H19BrN4O3S2. The average Bonchev–Trinajstić information content (AvgIpc) is 3.46. The summed E-state index contributed by atoms with van der Waals surface area (Å²) in [5, 5.41) is 5.11. The molecule has 3 heterocycles. The van der Waals surface area contributed by atoms with Crippen molar-refractivity contribution in [1.82, 2.24) is 15.0 Å². The summed E-state index contributed by atoms with van der Waals surface area (Å²) in [4.78, 5) is 32.9. The maximum atomic E-state index is 13.7. The maximum Gasteiger partial charge on any atom is 0.267 e. The van der Waals surface area contributed by atoms with Crippen LogP contribution in [0.5, 0.6) is 0 Å². The fourth-order valence-corrected chi connectivity index (χ4v) is 6.17. The summed E-state index contributed by atoms with van der Waals surface area (Å²) in [5.41, 5.74) is 4.26. The van der Waals surface area contributed by atoms with Crippen molar-refractivity contribution in [3.63, 3.8) is 0 Å². The van der Waals surface area contributed by atoms with E-state index < -0.39 is 0 Å². The van der Waals surface area contributed by atoms with Crippen LogP contribution in [0, 0.1) is 0 Å². The van der Waals surface area contributed by atoms with Crippen molar-refractivity contribution in [3.8, 4) is 5.69 Å². The molecule has 7 nitrogen and oxygen atoms in total. The number of halogens is 1. The van der Waals surface area contributed by atoms with E-state index in [1.54, 1.807) is 28.0 Å². The number of aryl methyl sites for hydroxylation is 2. The number of hydrogen-bond acceptors (Lipinski definition) is 7. The predicted molar refractivity (Wildman–Crippen MR) is 135 cm³/mol. The average molecular weight is 543 g/mol. The van der Waals surface area contributed by atoms with E-state index in [4.69, 9.17) is 9.40 Å². The fourth-order valence-electron chi connectivity index (χ4n) is 3.80. The van der Waals surface area contributed by atoms with Crippen LogP contribution in [-0.2, 0) is 17.6 Å². The molecule has 0 spiro atoms. The first kappa shape index (κ1) is 22.1. The number of fused-ring (bicyclic) bond motifs is 3. The van der Waals surface area contributed by atoms with Crippen molar-refractivity contribution in [1.29, 1.82) is 0 Å². The lowest BCUT2D eigenvalue weighted by Crippen LogP contribution is -2.24. The Bertz CT molecular complexity index is 1390. The van der Waals surface area contributed by atoms with Gasteiger partial charge in [-0.05, 0) is 67.6 Å². The minimum atomic E-state index is -0.301. The van der Waals surface area contributed by atoms with Crippen molar-refractivity contribution >= 4 is 61.4 Å². The number of furan rings is 1. The molecule has 0 saturated carbocycles. The van der Waals surface area contributed by atoms with Crippen LogP contribution in [0.3, 0.4) is 0 Å². The first-order chi connectivity index (χ1) is 16.1.